The number of carbonyl (C=O) groups is 1. The summed E-state index contributed by atoms with van der Waals surface area (Å²) >= 11 is 1.56. The highest BCUT2D eigenvalue weighted by atomic mass is 32.1. The second kappa shape index (κ2) is 6.70. The van der Waals surface area contributed by atoms with Crippen LogP contribution in [0.5, 0.6) is 0 Å². The number of thiazole rings is 1. The van der Waals surface area contributed by atoms with Crippen LogP contribution >= 0.6 is 11.3 Å². The fourth-order valence-corrected chi connectivity index (χ4v) is 7.36. The third-order valence-corrected chi connectivity index (χ3v) is 8.01. The van der Waals surface area contributed by atoms with Crippen LogP contribution in [0.15, 0.2) is 42.0 Å². The molecule has 2 atom stereocenters. The van der Waals surface area contributed by atoms with Gasteiger partial charge in [0.1, 0.15) is 5.69 Å². The van der Waals surface area contributed by atoms with Gasteiger partial charge in [-0.15, -0.1) is 21.5 Å². The third-order valence-electron chi connectivity index (χ3n) is 7.16. The zero-order valence-corrected chi connectivity index (χ0v) is 17.5. The molecule has 2 heterocycles. The fourth-order valence-electron chi connectivity index (χ4n) is 6.55. The van der Waals surface area contributed by atoms with Gasteiger partial charge in [-0.2, -0.15) is 4.80 Å². The first-order valence-corrected chi connectivity index (χ1v) is 11.5. The predicted molar refractivity (Wildman–Crippen MR) is 112 cm³/mol. The molecular weight excluding hydrogens is 396 g/mol. The van der Waals surface area contributed by atoms with Crippen LogP contribution in [0.2, 0.25) is 0 Å². The number of amides is 1. The van der Waals surface area contributed by atoms with Gasteiger partial charge in [-0.1, -0.05) is 30.3 Å². The maximum Gasteiger partial charge on any atom is 0.271 e. The molecule has 2 unspecified atom stereocenters. The number of hydrogen-bond donors (Lipinski definition) is 1. The first-order valence-electron chi connectivity index (χ1n) is 10.7. The highest BCUT2D eigenvalue weighted by molar-refractivity contribution is 7.09. The zero-order valence-electron chi connectivity index (χ0n) is 16.7. The maximum absolute atomic E-state index is 13.2. The maximum atomic E-state index is 13.2. The summed E-state index contributed by atoms with van der Waals surface area (Å²) in [6.07, 6.45) is 8.70. The molecule has 7 nitrogen and oxygen atoms in total. The van der Waals surface area contributed by atoms with Crippen molar-refractivity contribution in [3.05, 3.63) is 58.3 Å². The minimum Gasteiger partial charge on any atom is -0.345 e. The lowest BCUT2D eigenvalue weighted by Gasteiger charge is -2.61. The van der Waals surface area contributed by atoms with Crippen molar-refractivity contribution in [1.29, 1.82) is 0 Å². The summed E-state index contributed by atoms with van der Waals surface area (Å²) in [5.41, 5.74) is 1.46. The molecule has 4 aliphatic carbocycles. The number of nitrogens with one attached hydrogen (secondary N) is 1. The average Bonchev–Trinajstić information content (AvgIpc) is 3.40. The van der Waals surface area contributed by atoms with Crippen molar-refractivity contribution in [3.8, 4) is 0 Å². The lowest BCUT2D eigenvalue weighted by Crippen LogP contribution is -2.66. The van der Waals surface area contributed by atoms with Crippen LogP contribution in [0.25, 0.3) is 0 Å². The van der Waals surface area contributed by atoms with Crippen molar-refractivity contribution < 1.29 is 4.79 Å². The van der Waals surface area contributed by atoms with E-state index in [4.69, 9.17) is 0 Å². The number of nitrogens with zero attached hydrogens (tertiary/aromatic N) is 5. The van der Waals surface area contributed by atoms with E-state index in [-0.39, 0.29) is 17.0 Å². The molecule has 0 spiro atoms. The van der Waals surface area contributed by atoms with Crippen molar-refractivity contribution in [2.75, 3.05) is 0 Å². The molecule has 0 aliphatic heterocycles. The van der Waals surface area contributed by atoms with Gasteiger partial charge in [-0.05, 0) is 61.1 Å². The monoisotopic (exact) mass is 420 g/mol. The molecule has 4 saturated carbocycles. The summed E-state index contributed by atoms with van der Waals surface area (Å²) in [5.74, 6) is 1.18. The lowest BCUT2D eigenvalue weighted by atomic mass is 9.50. The van der Waals surface area contributed by atoms with E-state index in [0.717, 1.165) is 43.5 Å². The smallest absolute Gasteiger partial charge is 0.271 e. The molecule has 4 bridgehead atoms. The van der Waals surface area contributed by atoms with E-state index in [1.165, 1.54) is 18.3 Å². The van der Waals surface area contributed by atoms with E-state index < -0.39 is 0 Å². The molecule has 8 heteroatoms. The minimum absolute atomic E-state index is 0.0470. The highest BCUT2D eigenvalue weighted by Gasteiger charge is 2.60. The topological polar surface area (TPSA) is 85.6 Å². The summed E-state index contributed by atoms with van der Waals surface area (Å²) in [6.45, 7) is 0. The van der Waals surface area contributed by atoms with E-state index in [9.17, 15) is 4.79 Å². The second-order valence-electron chi connectivity index (χ2n) is 9.43. The Morgan fingerprint density at radius 3 is 2.70 bits per heavy atom. The molecule has 2 aromatic heterocycles. The number of hydrogen-bond acceptors (Lipinski definition) is 6. The van der Waals surface area contributed by atoms with Crippen molar-refractivity contribution >= 4 is 17.2 Å². The normalized spacial score (nSPS) is 31.7. The average molecular weight is 421 g/mol. The SMILES string of the molecule is O=C(NC12CC3CC(C1)CC(n1ncnn1)(C3)C2)c1csc(Cc2ccccc2)n1. The summed E-state index contributed by atoms with van der Waals surface area (Å²) in [5, 5.41) is 18.9. The molecule has 0 radical (unpaired) electrons. The number of carbonyl (C=O) groups excluding carboxylic acids is 1. The Hall–Kier alpha value is -2.61. The fraction of sp³-hybridized carbons (Fsp3) is 0.500. The molecule has 1 N–H and O–H groups in total. The van der Waals surface area contributed by atoms with Gasteiger partial charge >= 0.3 is 0 Å². The van der Waals surface area contributed by atoms with Gasteiger partial charge in [0.15, 0.2) is 6.33 Å². The van der Waals surface area contributed by atoms with E-state index in [1.807, 2.05) is 28.4 Å². The Kier molecular flexibility index (Phi) is 4.06. The molecule has 0 saturated heterocycles. The number of tetrazole rings is 1. The molecule has 4 fully saturated rings. The molecule has 154 valence electrons. The quantitative estimate of drug-likeness (QED) is 0.685. The van der Waals surface area contributed by atoms with Gasteiger partial charge in [0.05, 0.1) is 10.5 Å². The number of aromatic nitrogens is 5. The molecule has 4 aliphatic rings. The summed E-state index contributed by atoms with van der Waals surface area (Å²) in [4.78, 5) is 19.6. The Morgan fingerprint density at radius 2 is 1.97 bits per heavy atom. The van der Waals surface area contributed by atoms with E-state index in [2.05, 4.69) is 37.8 Å². The van der Waals surface area contributed by atoms with Gasteiger partial charge in [0.2, 0.25) is 0 Å². The minimum atomic E-state index is -0.183. The Balaban J connectivity index is 1.22. The molecule has 1 amide bonds. The molecule has 3 aromatic rings. The van der Waals surface area contributed by atoms with Crippen LogP contribution < -0.4 is 5.32 Å². The van der Waals surface area contributed by atoms with Crippen molar-refractivity contribution in [2.45, 2.75) is 56.0 Å². The standard InChI is InChI=1S/C22H24N6OS/c29-20(18-12-30-19(25-18)7-15-4-2-1-3-5-15)26-21-8-16-6-17(9-21)11-22(10-16,13-21)28-24-14-23-27-28/h1-5,12,14,16-17H,6-11,13H2,(H,26,29). The lowest BCUT2D eigenvalue weighted by molar-refractivity contribution is -0.0810. The summed E-state index contributed by atoms with van der Waals surface area (Å²) < 4.78 is 0. The summed E-state index contributed by atoms with van der Waals surface area (Å²) in [6, 6.07) is 10.3. The van der Waals surface area contributed by atoms with Crippen LogP contribution in [-0.2, 0) is 12.0 Å². The molecule has 7 rings (SSSR count). The van der Waals surface area contributed by atoms with Gasteiger partial charge in [0.25, 0.3) is 5.91 Å². The van der Waals surface area contributed by atoms with Gasteiger partial charge in [-0.3, -0.25) is 4.79 Å². The van der Waals surface area contributed by atoms with E-state index in [1.54, 1.807) is 11.3 Å². The number of benzene rings is 1. The second-order valence-corrected chi connectivity index (χ2v) is 10.4. The Bertz CT molecular complexity index is 1050. The Morgan fingerprint density at radius 1 is 1.17 bits per heavy atom. The highest BCUT2D eigenvalue weighted by Crippen LogP contribution is 2.60. The molecule has 1 aromatic carbocycles. The van der Waals surface area contributed by atoms with Crippen LogP contribution in [-0.4, -0.2) is 36.6 Å². The first kappa shape index (κ1) is 18.2. The van der Waals surface area contributed by atoms with Crippen molar-refractivity contribution in [1.82, 2.24) is 30.5 Å². The predicted octanol–water partition coefficient (Wildman–Crippen LogP) is 3.20. The van der Waals surface area contributed by atoms with Gasteiger partial charge < -0.3 is 5.32 Å². The van der Waals surface area contributed by atoms with Crippen molar-refractivity contribution in [2.24, 2.45) is 11.8 Å². The number of rotatable bonds is 5. The Labute approximate surface area is 178 Å². The zero-order chi connectivity index (χ0) is 20.2. The first-order chi connectivity index (χ1) is 14.6. The third kappa shape index (κ3) is 3.05. The van der Waals surface area contributed by atoms with E-state index >= 15 is 0 Å². The van der Waals surface area contributed by atoms with Crippen molar-refractivity contribution in [3.63, 3.8) is 0 Å². The molecule has 30 heavy (non-hydrogen) atoms. The van der Waals surface area contributed by atoms with E-state index in [0.29, 0.717) is 17.5 Å². The van der Waals surface area contributed by atoms with Crippen LogP contribution in [0.4, 0.5) is 0 Å². The largest absolute Gasteiger partial charge is 0.345 e. The van der Waals surface area contributed by atoms with Gasteiger partial charge in [0, 0.05) is 17.3 Å². The van der Waals surface area contributed by atoms with Crippen LogP contribution in [0.3, 0.4) is 0 Å². The molecular formula is C22H24N6OS. The summed E-state index contributed by atoms with van der Waals surface area (Å²) in [7, 11) is 0. The van der Waals surface area contributed by atoms with Crippen LogP contribution in [0, 0.1) is 11.8 Å². The van der Waals surface area contributed by atoms with Crippen LogP contribution in [0.1, 0.15) is 59.6 Å². The van der Waals surface area contributed by atoms with Gasteiger partial charge in [-0.25, -0.2) is 4.98 Å².